The zero-order valence-corrected chi connectivity index (χ0v) is 17.1. The Morgan fingerprint density at radius 2 is 1.86 bits per heavy atom. The fourth-order valence-electron chi connectivity index (χ4n) is 5.44. The van der Waals surface area contributed by atoms with Gasteiger partial charge in [0, 0.05) is 29.9 Å². The Bertz CT molecular complexity index is 954. The highest BCUT2D eigenvalue weighted by molar-refractivity contribution is 5.95. The topological polar surface area (TPSA) is 85.5 Å². The zero-order valence-electron chi connectivity index (χ0n) is 17.1. The van der Waals surface area contributed by atoms with Gasteiger partial charge in [0.25, 0.3) is 5.91 Å². The molecule has 1 aliphatic carbocycles. The van der Waals surface area contributed by atoms with Gasteiger partial charge in [-0.2, -0.15) is 0 Å². The van der Waals surface area contributed by atoms with Gasteiger partial charge in [-0.1, -0.05) is 32.9 Å². The zero-order chi connectivity index (χ0) is 20.8. The van der Waals surface area contributed by atoms with Crippen LogP contribution in [0.3, 0.4) is 0 Å². The van der Waals surface area contributed by atoms with Gasteiger partial charge in [0.05, 0.1) is 0 Å². The van der Waals surface area contributed by atoms with Gasteiger partial charge in [0.1, 0.15) is 0 Å². The number of amides is 2. The minimum Gasteiger partial charge on any atom is -0.391 e. The third-order valence-electron chi connectivity index (χ3n) is 6.09. The molecule has 1 aromatic carbocycles. The van der Waals surface area contributed by atoms with E-state index in [0.29, 0.717) is 17.2 Å². The van der Waals surface area contributed by atoms with Crippen molar-refractivity contribution >= 4 is 12.0 Å². The highest BCUT2D eigenvalue weighted by atomic mass is 16.6. The molecule has 2 unspecified atom stereocenters. The van der Waals surface area contributed by atoms with Crippen LogP contribution >= 0.6 is 0 Å². The first-order valence-electron chi connectivity index (χ1n) is 10.00. The van der Waals surface area contributed by atoms with Crippen LogP contribution in [0, 0.1) is 10.8 Å². The number of fused-ring (bicyclic) bond motifs is 2. The van der Waals surface area contributed by atoms with Crippen LogP contribution < -0.4 is 10.5 Å². The third kappa shape index (κ3) is 3.84. The summed E-state index contributed by atoms with van der Waals surface area (Å²) < 4.78 is 4.99. The Hall–Kier alpha value is -2.89. The standard InChI is InChI=1S/C23H27N3O3/c1-22(2)11-17-12-23(3,13-22)14-26(17)20(27)16-8-6-15(7-9-16)18-5-4-10-25-19(18)29-21(24)28/h4-10,17H,11-14H2,1-3H3,(H2,24,28). The number of benzene rings is 1. The summed E-state index contributed by atoms with van der Waals surface area (Å²) in [5.41, 5.74) is 7.73. The molecule has 1 saturated heterocycles. The van der Waals surface area contributed by atoms with E-state index in [-0.39, 0.29) is 22.6 Å². The molecule has 152 valence electrons. The Labute approximate surface area is 171 Å². The fraction of sp³-hybridized carbons (Fsp3) is 0.435. The van der Waals surface area contributed by atoms with Crippen molar-refractivity contribution in [3.63, 3.8) is 0 Å². The Kier molecular flexibility index (Phi) is 4.60. The number of hydrogen-bond donors (Lipinski definition) is 1. The van der Waals surface area contributed by atoms with Crippen LogP contribution in [0.5, 0.6) is 5.88 Å². The SMILES string of the molecule is CC1(C)CC2CC(C)(CN2C(=O)c2ccc(-c3cccnc3OC(N)=O)cc2)C1. The first-order chi connectivity index (χ1) is 13.7. The molecule has 6 nitrogen and oxygen atoms in total. The summed E-state index contributed by atoms with van der Waals surface area (Å²) in [4.78, 5) is 30.5. The maximum Gasteiger partial charge on any atom is 0.411 e. The number of carbonyl (C=O) groups is 2. The molecular weight excluding hydrogens is 366 g/mol. The lowest BCUT2D eigenvalue weighted by Crippen LogP contribution is -2.37. The van der Waals surface area contributed by atoms with Gasteiger partial charge in [-0.15, -0.1) is 0 Å². The van der Waals surface area contributed by atoms with Crippen molar-refractivity contribution in [3.8, 4) is 17.0 Å². The van der Waals surface area contributed by atoms with Gasteiger partial charge in [0.15, 0.2) is 0 Å². The number of nitrogens with zero attached hydrogens (tertiary/aromatic N) is 2. The van der Waals surface area contributed by atoms with Gasteiger partial charge in [-0.25, -0.2) is 9.78 Å². The number of hydrogen-bond acceptors (Lipinski definition) is 4. The molecule has 2 aliphatic rings. The summed E-state index contributed by atoms with van der Waals surface area (Å²) in [5.74, 6) is 0.241. The second-order valence-electron chi connectivity index (χ2n) is 9.50. The number of primary amides is 1. The van der Waals surface area contributed by atoms with E-state index < -0.39 is 6.09 Å². The van der Waals surface area contributed by atoms with Crippen molar-refractivity contribution in [2.24, 2.45) is 16.6 Å². The lowest BCUT2D eigenvalue weighted by molar-refractivity contribution is 0.0708. The summed E-state index contributed by atoms with van der Waals surface area (Å²) in [6.45, 7) is 7.74. The fourth-order valence-corrected chi connectivity index (χ4v) is 5.44. The normalized spacial score (nSPS) is 24.9. The molecule has 29 heavy (non-hydrogen) atoms. The minimum atomic E-state index is -0.909. The number of carbonyl (C=O) groups excluding carboxylic acids is 2. The molecule has 1 aliphatic heterocycles. The third-order valence-corrected chi connectivity index (χ3v) is 6.09. The summed E-state index contributed by atoms with van der Waals surface area (Å²) in [6.07, 6.45) is 3.92. The van der Waals surface area contributed by atoms with E-state index in [2.05, 4.69) is 30.7 Å². The van der Waals surface area contributed by atoms with Crippen molar-refractivity contribution < 1.29 is 14.3 Å². The van der Waals surface area contributed by atoms with Crippen LogP contribution in [0.25, 0.3) is 11.1 Å². The summed E-state index contributed by atoms with van der Waals surface area (Å²) in [7, 11) is 0. The van der Waals surface area contributed by atoms with Crippen molar-refractivity contribution in [2.45, 2.75) is 46.1 Å². The van der Waals surface area contributed by atoms with Crippen LogP contribution in [0.15, 0.2) is 42.6 Å². The van der Waals surface area contributed by atoms with E-state index in [1.165, 1.54) is 6.20 Å². The number of aromatic nitrogens is 1. The van der Waals surface area contributed by atoms with Crippen molar-refractivity contribution in [2.75, 3.05) is 6.54 Å². The van der Waals surface area contributed by atoms with Crippen LogP contribution in [0.4, 0.5) is 4.79 Å². The predicted octanol–water partition coefficient (Wildman–Crippen LogP) is 4.25. The van der Waals surface area contributed by atoms with Gasteiger partial charge in [-0.3, -0.25) is 4.79 Å². The van der Waals surface area contributed by atoms with Crippen molar-refractivity contribution in [3.05, 3.63) is 48.2 Å². The molecule has 2 fully saturated rings. The molecule has 4 rings (SSSR count). The maximum absolute atomic E-state index is 13.2. The number of likely N-dealkylation sites (tertiary alicyclic amines) is 1. The second kappa shape index (κ2) is 6.87. The van der Waals surface area contributed by atoms with Gasteiger partial charge in [0.2, 0.25) is 5.88 Å². The van der Waals surface area contributed by atoms with Crippen LogP contribution in [-0.2, 0) is 0 Å². The predicted molar refractivity (Wildman–Crippen MR) is 110 cm³/mol. The van der Waals surface area contributed by atoms with E-state index in [4.69, 9.17) is 10.5 Å². The van der Waals surface area contributed by atoms with E-state index in [1.807, 2.05) is 24.3 Å². The molecule has 1 aromatic heterocycles. The largest absolute Gasteiger partial charge is 0.411 e. The van der Waals surface area contributed by atoms with E-state index >= 15 is 0 Å². The van der Waals surface area contributed by atoms with Gasteiger partial charge in [-0.05, 0) is 59.9 Å². The van der Waals surface area contributed by atoms with E-state index in [0.717, 1.165) is 31.4 Å². The monoisotopic (exact) mass is 393 g/mol. The number of ether oxygens (including phenoxy) is 1. The smallest absolute Gasteiger partial charge is 0.391 e. The van der Waals surface area contributed by atoms with Gasteiger partial charge < -0.3 is 15.4 Å². The molecule has 0 radical (unpaired) electrons. The highest BCUT2D eigenvalue weighted by Gasteiger charge is 2.50. The molecule has 0 spiro atoms. The molecule has 2 aromatic rings. The van der Waals surface area contributed by atoms with Crippen LogP contribution in [0.2, 0.25) is 0 Å². The average molecular weight is 393 g/mol. The van der Waals surface area contributed by atoms with Crippen LogP contribution in [-0.4, -0.2) is 34.5 Å². The molecule has 2 N–H and O–H groups in total. The Balaban J connectivity index is 1.56. The second-order valence-corrected chi connectivity index (χ2v) is 9.50. The van der Waals surface area contributed by atoms with Crippen molar-refractivity contribution in [1.29, 1.82) is 0 Å². The lowest BCUT2D eigenvalue weighted by atomic mass is 9.65. The summed E-state index contributed by atoms with van der Waals surface area (Å²) in [5, 5.41) is 0. The maximum atomic E-state index is 13.2. The molecule has 2 amide bonds. The number of nitrogens with two attached hydrogens (primary N) is 1. The molecule has 2 atom stereocenters. The van der Waals surface area contributed by atoms with Gasteiger partial charge >= 0.3 is 6.09 Å². The van der Waals surface area contributed by atoms with E-state index in [1.54, 1.807) is 12.1 Å². The quantitative estimate of drug-likeness (QED) is 0.845. The molecule has 2 heterocycles. The number of rotatable bonds is 3. The first-order valence-corrected chi connectivity index (χ1v) is 10.00. The van der Waals surface area contributed by atoms with E-state index in [9.17, 15) is 9.59 Å². The van der Waals surface area contributed by atoms with Crippen LogP contribution in [0.1, 0.15) is 50.4 Å². The first kappa shape index (κ1) is 19.4. The molecule has 1 saturated carbocycles. The highest BCUT2D eigenvalue weighted by Crippen LogP contribution is 2.52. The summed E-state index contributed by atoms with van der Waals surface area (Å²) >= 11 is 0. The van der Waals surface area contributed by atoms with Crippen molar-refractivity contribution in [1.82, 2.24) is 9.88 Å². The minimum absolute atomic E-state index is 0.0859. The average Bonchev–Trinajstić information content (AvgIpc) is 2.90. The Morgan fingerprint density at radius 3 is 2.55 bits per heavy atom. The molecule has 2 bridgehead atoms. The molecule has 6 heteroatoms. The molecular formula is C23H27N3O3. The lowest BCUT2D eigenvalue weighted by Gasteiger charge is -2.39. The number of pyridine rings is 1. The summed E-state index contributed by atoms with van der Waals surface area (Å²) in [6, 6.07) is 11.2. The Morgan fingerprint density at radius 1 is 1.14 bits per heavy atom.